The molecule has 1 amide bonds. The molecule has 3 atom stereocenters. The average Bonchev–Trinajstić information content (AvgIpc) is 3.05. The van der Waals surface area contributed by atoms with Gasteiger partial charge in [0.25, 0.3) is 0 Å². The summed E-state index contributed by atoms with van der Waals surface area (Å²) in [5.41, 5.74) is 0. The van der Waals surface area contributed by atoms with E-state index in [2.05, 4.69) is 13.8 Å². The zero-order chi connectivity index (χ0) is 14.7. The van der Waals surface area contributed by atoms with Crippen molar-refractivity contribution in [2.75, 3.05) is 19.7 Å². The molecule has 0 aromatic heterocycles. The van der Waals surface area contributed by atoms with Crippen LogP contribution in [0, 0.1) is 17.8 Å². The lowest BCUT2D eigenvalue weighted by Crippen LogP contribution is -2.34. The van der Waals surface area contributed by atoms with Gasteiger partial charge < -0.3 is 14.7 Å². The summed E-state index contributed by atoms with van der Waals surface area (Å²) in [6.07, 6.45) is 2.89. The van der Waals surface area contributed by atoms with Crippen molar-refractivity contribution in [2.24, 2.45) is 17.8 Å². The fourth-order valence-corrected chi connectivity index (χ4v) is 3.08. The molecule has 2 rings (SSSR count). The molecule has 2 aliphatic rings. The molecule has 5 nitrogen and oxygen atoms in total. The first-order valence-electron chi connectivity index (χ1n) is 7.60. The highest BCUT2D eigenvalue weighted by Crippen LogP contribution is 2.33. The highest BCUT2D eigenvalue weighted by atomic mass is 16.5. The summed E-state index contributed by atoms with van der Waals surface area (Å²) in [5, 5.41) is 9.00. The first-order chi connectivity index (χ1) is 9.47. The van der Waals surface area contributed by atoms with Crippen LogP contribution in [-0.4, -0.2) is 47.7 Å². The van der Waals surface area contributed by atoms with E-state index >= 15 is 0 Å². The van der Waals surface area contributed by atoms with Crippen LogP contribution in [-0.2, 0) is 14.3 Å². The fourth-order valence-electron chi connectivity index (χ4n) is 3.08. The molecule has 0 radical (unpaired) electrons. The summed E-state index contributed by atoms with van der Waals surface area (Å²) in [6.45, 7) is 6.37. The summed E-state index contributed by atoms with van der Waals surface area (Å²) >= 11 is 0. The molecule has 1 aliphatic carbocycles. The predicted octanol–water partition coefficient (Wildman–Crippen LogP) is 1.76. The second-order valence-corrected chi connectivity index (χ2v) is 6.47. The molecule has 0 bridgehead atoms. The predicted molar refractivity (Wildman–Crippen MR) is 74.2 cm³/mol. The van der Waals surface area contributed by atoms with Crippen molar-refractivity contribution in [1.82, 2.24) is 4.90 Å². The number of ether oxygens (including phenoxy) is 1. The van der Waals surface area contributed by atoms with Gasteiger partial charge in [0.05, 0.1) is 12.0 Å². The maximum atomic E-state index is 12.4. The average molecular weight is 283 g/mol. The largest absolute Gasteiger partial charge is 0.481 e. The molecule has 20 heavy (non-hydrogen) atoms. The third-order valence-corrected chi connectivity index (χ3v) is 4.25. The monoisotopic (exact) mass is 283 g/mol. The molecule has 1 N–H and O–H groups in total. The number of hydrogen-bond acceptors (Lipinski definition) is 3. The summed E-state index contributed by atoms with van der Waals surface area (Å²) < 4.78 is 5.78. The fraction of sp³-hybridized carbons (Fsp3) is 0.867. The number of amides is 1. The Labute approximate surface area is 120 Å². The number of carbonyl (C=O) groups excluding carboxylic acids is 1. The molecule has 1 heterocycles. The topological polar surface area (TPSA) is 66.8 Å². The minimum absolute atomic E-state index is 0.0973. The van der Waals surface area contributed by atoms with E-state index in [-0.39, 0.29) is 23.8 Å². The lowest BCUT2D eigenvalue weighted by Gasteiger charge is -2.21. The zero-order valence-corrected chi connectivity index (χ0v) is 12.4. The Hall–Kier alpha value is -1.10. The second kappa shape index (κ2) is 6.57. The van der Waals surface area contributed by atoms with Gasteiger partial charge in [-0.1, -0.05) is 13.8 Å². The normalized spacial score (nSPS) is 30.1. The number of hydrogen-bond donors (Lipinski definition) is 1. The Morgan fingerprint density at radius 3 is 2.55 bits per heavy atom. The van der Waals surface area contributed by atoms with E-state index in [1.54, 1.807) is 0 Å². The van der Waals surface area contributed by atoms with Gasteiger partial charge in [0.15, 0.2) is 0 Å². The van der Waals surface area contributed by atoms with Crippen molar-refractivity contribution >= 4 is 11.9 Å². The van der Waals surface area contributed by atoms with Crippen molar-refractivity contribution in [1.29, 1.82) is 0 Å². The van der Waals surface area contributed by atoms with Gasteiger partial charge in [-0.25, -0.2) is 0 Å². The Balaban J connectivity index is 1.78. The number of nitrogens with zero attached hydrogens (tertiary/aromatic N) is 1. The van der Waals surface area contributed by atoms with E-state index in [4.69, 9.17) is 9.84 Å². The van der Waals surface area contributed by atoms with Gasteiger partial charge in [-0.3, -0.25) is 9.59 Å². The van der Waals surface area contributed by atoms with E-state index in [9.17, 15) is 9.59 Å². The van der Waals surface area contributed by atoms with E-state index in [0.717, 1.165) is 19.6 Å². The van der Waals surface area contributed by atoms with Crippen LogP contribution >= 0.6 is 0 Å². The number of likely N-dealkylation sites (tertiary alicyclic amines) is 1. The van der Waals surface area contributed by atoms with Crippen LogP contribution in [0.3, 0.4) is 0 Å². The molecule has 0 aromatic rings. The molecule has 1 saturated heterocycles. The standard InChI is InChI=1S/C15H25NO4/c1-10(2)9-20-13-5-6-16(8-13)14(17)11-3-4-12(7-11)15(18)19/h10-13H,3-9H2,1-2H3,(H,18,19)/t11-,12+,13?/m1/s1. The molecule has 114 valence electrons. The van der Waals surface area contributed by atoms with Crippen molar-refractivity contribution < 1.29 is 19.4 Å². The van der Waals surface area contributed by atoms with Crippen LogP contribution in [0.4, 0.5) is 0 Å². The molecule has 1 aliphatic heterocycles. The molecule has 1 unspecified atom stereocenters. The zero-order valence-electron chi connectivity index (χ0n) is 12.4. The molecule has 2 fully saturated rings. The first-order valence-corrected chi connectivity index (χ1v) is 7.60. The second-order valence-electron chi connectivity index (χ2n) is 6.47. The van der Waals surface area contributed by atoms with Gasteiger partial charge in [-0.05, 0) is 31.6 Å². The van der Waals surface area contributed by atoms with E-state index in [1.165, 1.54) is 0 Å². The van der Waals surface area contributed by atoms with Gasteiger partial charge in [-0.15, -0.1) is 0 Å². The number of carboxylic acids is 1. The summed E-state index contributed by atoms with van der Waals surface area (Å²) in [5.74, 6) is -0.560. The number of rotatable bonds is 5. The van der Waals surface area contributed by atoms with Crippen LogP contribution in [0.5, 0.6) is 0 Å². The minimum Gasteiger partial charge on any atom is -0.481 e. The Morgan fingerprint density at radius 1 is 1.25 bits per heavy atom. The minimum atomic E-state index is -0.764. The lowest BCUT2D eigenvalue weighted by atomic mass is 10.0. The number of carbonyl (C=O) groups is 2. The van der Waals surface area contributed by atoms with Gasteiger partial charge in [0.2, 0.25) is 5.91 Å². The van der Waals surface area contributed by atoms with E-state index in [1.807, 2.05) is 4.90 Å². The maximum absolute atomic E-state index is 12.4. The Bertz CT molecular complexity index is 369. The highest BCUT2D eigenvalue weighted by molar-refractivity contribution is 5.81. The summed E-state index contributed by atoms with van der Waals surface area (Å²) in [7, 11) is 0. The molecular formula is C15H25NO4. The first kappa shape index (κ1) is 15.3. The van der Waals surface area contributed by atoms with Gasteiger partial charge in [-0.2, -0.15) is 0 Å². The smallest absolute Gasteiger partial charge is 0.306 e. The molecular weight excluding hydrogens is 258 g/mol. The van der Waals surface area contributed by atoms with Crippen LogP contribution in [0.1, 0.15) is 39.5 Å². The number of carboxylic acid groups (broad SMARTS) is 1. The van der Waals surface area contributed by atoms with Gasteiger partial charge >= 0.3 is 5.97 Å². The summed E-state index contributed by atoms with van der Waals surface area (Å²) in [4.78, 5) is 25.2. The van der Waals surface area contributed by atoms with Crippen LogP contribution < -0.4 is 0 Å². The van der Waals surface area contributed by atoms with E-state index in [0.29, 0.717) is 31.7 Å². The quantitative estimate of drug-likeness (QED) is 0.835. The van der Waals surface area contributed by atoms with Crippen molar-refractivity contribution in [2.45, 2.75) is 45.6 Å². The van der Waals surface area contributed by atoms with Crippen molar-refractivity contribution in [3.63, 3.8) is 0 Å². The maximum Gasteiger partial charge on any atom is 0.306 e. The summed E-state index contributed by atoms with van der Waals surface area (Å²) in [6, 6.07) is 0. The SMILES string of the molecule is CC(C)COC1CCN(C(=O)[C@@H]2CC[C@H](C(=O)O)C2)C1. The van der Waals surface area contributed by atoms with Crippen LogP contribution in [0.25, 0.3) is 0 Å². The van der Waals surface area contributed by atoms with Crippen LogP contribution in [0.2, 0.25) is 0 Å². The number of aliphatic carboxylic acids is 1. The lowest BCUT2D eigenvalue weighted by molar-refractivity contribution is -0.141. The molecule has 1 saturated carbocycles. The van der Waals surface area contributed by atoms with Gasteiger partial charge in [0, 0.05) is 25.6 Å². The third kappa shape index (κ3) is 3.72. The van der Waals surface area contributed by atoms with Gasteiger partial charge in [0.1, 0.15) is 0 Å². The highest BCUT2D eigenvalue weighted by Gasteiger charge is 2.38. The van der Waals surface area contributed by atoms with Crippen molar-refractivity contribution in [3.05, 3.63) is 0 Å². The molecule has 5 heteroatoms. The molecule has 0 spiro atoms. The Morgan fingerprint density at radius 2 is 1.95 bits per heavy atom. The Kier molecular flexibility index (Phi) is 5.02. The van der Waals surface area contributed by atoms with Crippen molar-refractivity contribution in [3.8, 4) is 0 Å². The molecule has 0 aromatic carbocycles. The van der Waals surface area contributed by atoms with Crippen LogP contribution in [0.15, 0.2) is 0 Å². The van der Waals surface area contributed by atoms with E-state index < -0.39 is 5.97 Å². The third-order valence-electron chi connectivity index (χ3n) is 4.25.